The van der Waals surface area contributed by atoms with E-state index < -0.39 is 5.54 Å². The molecule has 0 aliphatic heterocycles. The number of ether oxygens (including phenoxy) is 1. The zero-order valence-electron chi connectivity index (χ0n) is 11.8. The quantitative estimate of drug-likeness (QED) is 0.782. The highest BCUT2D eigenvalue weighted by Gasteiger charge is 2.26. The van der Waals surface area contributed by atoms with Gasteiger partial charge in [0.25, 0.3) is 0 Å². The van der Waals surface area contributed by atoms with Gasteiger partial charge in [-0.3, -0.25) is 0 Å². The predicted molar refractivity (Wildman–Crippen MR) is 92.4 cm³/mol. The highest BCUT2D eigenvalue weighted by atomic mass is 79.9. The molecule has 1 unspecified atom stereocenters. The summed E-state index contributed by atoms with van der Waals surface area (Å²) in [5, 5.41) is 1.29. The van der Waals surface area contributed by atoms with Crippen LogP contribution in [0.25, 0.3) is 0 Å². The Kier molecular flexibility index (Phi) is 5.20. The summed E-state index contributed by atoms with van der Waals surface area (Å²) in [7, 11) is 1.63. The normalized spacial score (nSPS) is 13.8. The lowest BCUT2D eigenvalue weighted by molar-refractivity contribution is 0.400. The van der Waals surface area contributed by atoms with Crippen LogP contribution < -0.4 is 10.5 Å². The molecule has 0 aliphatic carbocycles. The van der Waals surface area contributed by atoms with Crippen LogP contribution in [0.3, 0.4) is 0 Å². The Morgan fingerprint density at radius 1 is 1.19 bits per heavy atom. The monoisotopic (exact) mass is 387 g/mol. The van der Waals surface area contributed by atoms with E-state index in [-0.39, 0.29) is 0 Å². The zero-order valence-corrected chi connectivity index (χ0v) is 14.9. The van der Waals surface area contributed by atoms with Gasteiger partial charge in [-0.1, -0.05) is 45.2 Å². The fraction of sp³-hybridized carbons (Fsp3) is 0.250. The molecule has 2 nitrogen and oxygen atoms in total. The number of benzene rings is 2. The van der Waals surface area contributed by atoms with Crippen molar-refractivity contribution in [3.8, 4) is 5.75 Å². The molecule has 0 aliphatic rings. The van der Waals surface area contributed by atoms with Gasteiger partial charge >= 0.3 is 0 Å². The Labute approximate surface area is 143 Å². The lowest BCUT2D eigenvalue weighted by Gasteiger charge is -2.27. The maximum absolute atomic E-state index is 6.50. The molecule has 0 bridgehead atoms. The smallest absolute Gasteiger partial charge is 0.122 e. The Hall–Kier alpha value is -0.740. The molecule has 0 spiro atoms. The molecule has 2 rings (SSSR count). The van der Waals surface area contributed by atoms with Crippen LogP contribution in [0, 0.1) is 0 Å². The van der Waals surface area contributed by atoms with Crippen molar-refractivity contribution in [1.29, 1.82) is 0 Å². The summed E-state index contributed by atoms with van der Waals surface area (Å²) in [6.07, 6.45) is 0.568. The van der Waals surface area contributed by atoms with E-state index in [9.17, 15) is 0 Å². The van der Waals surface area contributed by atoms with Crippen LogP contribution in [0.5, 0.6) is 5.75 Å². The van der Waals surface area contributed by atoms with Crippen LogP contribution in [0.4, 0.5) is 0 Å². The minimum absolute atomic E-state index is 0.568. The molecule has 2 aromatic rings. The van der Waals surface area contributed by atoms with Crippen molar-refractivity contribution in [2.75, 3.05) is 7.11 Å². The van der Waals surface area contributed by atoms with Crippen molar-refractivity contribution in [3.63, 3.8) is 0 Å². The molecule has 0 heterocycles. The van der Waals surface area contributed by atoms with Gasteiger partial charge < -0.3 is 10.5 Å². The van der Waals surface area contributed by atoms with Crippen LogP contribution in [0.15, 0.2) is 40.9 Å². The van der Waals surface area contributed by atoms with Crippen molar-refractivity contribution in [2.45, 2.75) is 18.9 Å². The largest absolute Gasteiger partial charge is 0.496 e. The maximum Gasteiger partial charge on any atom is 0.122 e. The van der Waals surface area contributed by atoms with Crippen LogP contribution in [0.2, 0.25) is 10.0 Å². The number of rotatable bonds is 4. The topological polar surface area (TPSA) is 35.2 Å². The summed E-state index contributed by atoms with van der Waals surface area (Å²) in [5.41, 5.74) is 7.70. The molecule has 1 atom stereocenters. The Morgan fingerprint density at radius 2 is 1.90 bits per heavy atom. The van der Waals surface area contributed by atoms with Gasteiger partial charge in [0.15, 0.2) is 0 Å². The van der Waals surface area contributed by atoms with E-state index in [1.54, 1.807) is 13.2 Å². The van der Waals surface area contributed by atoms with Crippen molar-refractivity contribution in [3.05, 3.63) is 62.0 Å². The van der Waals surface area contributed by atoms with Crippen molar-refractivity contribution in [1.82, 2.24) is 0 Å². The molecule has 0 saturated heterocycles. The molecule has 5 heteroatoms. The van der Waals surface area contributed by atoms with E-state index in [2.05, 4.69) is 15.9 Å². The van der Waals surface area contributed by atoms with E-state index >= 15 is 0 Å². The maximum atomic E-state index is 6.50. The average molecular weight is 389 g/mol. The number of nitrogens with two attached hydrogens (primary N) is 1. The SMILES string of the molecule is COc1ccc(Cl)cc1CC(C)(N)c1ccc(Br)cc1Cl. The minimum atomic E-state index is -0.629. The van der Waals surface area contributed by atoms with Crippen molar-refractivity contribution in [2.24, 2.45) is 5.73 Å². The van der Waals surface area contributed by atoms with Gasteiger partial charge in [0.1, 0.15) is 5.75 Å². The molecular formula is C16H16BrCl2NO. The first-order chi connectivity index (χ1) is 9.83. The number of halogens is 3. The first-order valence-corrected chi connectivity index (χ1v) is 7.95. The molecule has 21 heavy (non-hydrogen) atoms. The summed E-state index contributed by atoms with van der Waals surface area (Å²) in [6, 6.07) is 11.2. The third-order valence-corrected chi connectivity index (χ3v) is 4.39. The lowest BCUT2D eigenvalue weighted by Crippen LogP contribution is -2.36. The fourth-order valence-corrected chi connectivity index (χ4v) is 3.41. The first kappa shape index (κ1) is 16.6. The van der Waals surface area contributed by atoms with Crippen LogP contribution in [0.1, 0.15) is 18.1 Å². The number of hydrogen-bond acceptors (Lipinski definition) is 2. The fourth-order valence-electron chi connectivity index (χ4n) is 2.33. The zero-order chi connectivity index (χ0) is 15.6. The summed E-state index contributed by atoms with van der Waals surface area (Å²) in [4.78, 5) is 0. The van der Waals surface area contributed by atoms with E-state index in [1.165, 1.54) is 0 Å². The molecule has 0 aromatic heterocycles. The molecular weight excluding hydrogens is 373 g/mol. The molecule has 0 fully saturated rings. The van der Waals surface area contributed by atoms with Crippen LogP contribution in [-0.2, 0) is 12.0 Å². The van der Waals surface area contributed by atoms with Gasteiger partial charge in [0.05, 0.1) is 7.11 Å². The van der Waals surface area contributed by atoms with Gasteiger partial charge in [-0.25, -0.2) is 0 Å². The third kappa shape index (κ3) is 3.92. The summed E-state index contributed by atoms with van der Waals surface area (Å²) in [6.45, 7) is 1.95. The third-order valence-electron chi connectivity index (χ3n) is 3.35. The average Bonchev–Trinajstić information content (AvgIpc) is 2.37. The lowest BCUT2D eigenvalue weighted by atomic mass is 9.86. The van der Waals surface area contributed by atoms with Crippen LogP contribution >= 0.6 is 39.1 Å². The second-order valence-electron chi connectivity index (χ2n) is 5.17. The van der Waals surface area contributed by atoms with Gasteiger partial charge in [0, 0.05) is 20.1 Å². The number of methoxy groups -OCH3 is 1. The summed E-state index contributed by atoms with van der Waals surface area (Å²) < 4.78 is 6.30. The molecule has 112 valence electrons. The second kappa shape index (κ2) is 6.57. The standard InChI is InChI=1S/C16H16BrCl2NO/c1-16(20,13-5-3-11(17)8-14(13)19)9-10-7-12(18)4-6-15(10)21-2/h3-8H,9,20H2,1-2H3. The van der Waals surface area contributed by atoms with Crippen molar-refractivity contribution < 1.29 is 4.74 Å². The van der Waals surface area contributed by atoms with Gasteiger partial charge in [-0.05, 0) is 54.8 Å². The molecule has 2 aromatic carbocycles. The van der Waals surface area contributed by atoms with Gasteiger partial charge in [-0.15, -0.1) is 0 Å². The highest BCUT2D eigenvalue weighted by molar-refractivity contribution is 9.10. The second-order valence-corrected chi connectivity index (χ2v) is 6.93. The van der Waals surface area contributed by atoms with Crippen molar-refractivity contribution >= 4 is 39.1 Å². The minimum Gasteiger partial charge on any atom is -0.496 e. The summed E-state index contributed by atoms with van der Waals surface area (Å²) >= 11 is 15.8. The van der Waals surface area contributed by atoms with Gasteiger partial charge in [-0.2, -0.15) is 0 Å². The van der Waals surface area contributed by atoms with Gasteiger partial charge in [0.2, 0.25) is 0 Å². The molecule has 0 radical (unpaired) electrons. The molecule has 0 saturated carbocycles. The molecule has 2 N–H and O–H groups in total. The Morgan fingerprint density at radius 3 is 2.52 bits per heavy atom. The predicted octanol–water partition coefficient (Wildman–Crippen LogP) is 5.18. The van der Waals surface area contributed by atoms with E-state index in [4.69, 9.17) is 33.7 Å². The van der Waals surface area contributed by atoms with Crippen LogP contribution in [-0.4, -0.2) is 7.11 Å². The summed E-state index contributed by atoms with van der Waals surface area (Å²) in [5.74, 6) is 0.768. The Bertz CT molecular complexity index is 659. The van der Waals surface area contributed by atoms with E-state index in [1.807, 2.05) is 37.3 Å². The highest BCUT2D eigenvalue weighted by Crippen LogP contribution is 2.34. The molecule has 0 amide bonds. The van der Waals surface area contributed by atoms with E-state index in [0.717, 1.165) is 21.3 Å². The first-order valence-electron chi connectivity index (χ1n) is 6.40. The number of hydrogen-bond donors (Lipinski definition) is 1. The Balaban J connectivity index is 2.39. The van der Waals surface area contributed by atoms with E-state index in [0.29, 0.717) is 16.5 Å².